The van der Waals surface area contributed by atoms with Crippen molar-refractivity contribution in [2.24, 2.45) is 0 Å². The summed E-state index contributed by atoms with van der Waals surface area (Å²) in [5.74, 6) is -2.37. The molecule has 6 nitrogen and oxygen atoms in total. The van der Waals surface area contributed by atoms with Crippen molar-refractivity contribution < 1.29 is 24.6 Å². The molecule has 14 heavy (non-hydrogen) atoms. The van der Waals surface area contributed by atoms with Gasteiger partial charge in [-0.2, -0.15) is 0 Å². The highest BCUT2D eigenvalue weighted by Gasteiger charge is 2.11. The zero-order chi connectivity index (χ0) is 11.1. The standard InChI is InChI=1S/C8H13NO5/c1-9(5-4-8(13)14)6(10)2-3-7(11)12/h2-5H2,1H3,(H,11,12)(H,13,14). The molecule has 0 aromatic rings. The Labute approximate surface area is 81.1 Å². The maximum Gasteiger partial charge on any atom is 0.305 e. The van der Waals surface area contributed by atoms with Crippen LogP contribution in [0, 0.1) is 0 Å². The fraction of sp³-hybridized carbons (Fsp3) is 0.625. The number of rotatable bonds is 6. The summed E-state index contributed by atoms with van der Waals surface area (Å²) in [7, 11) is 1.45. The summed E-state index contributed by atoms with van der Waals surface area (Å²) in [6.07, 6.45) is -0.447. The molecule has 6 heteroatoms. The number of carboxylic acids is 2. The van der Waals surface area contributed by atoms with Gasteiger partial charge in [-0.3, -0.25) is 14.4 Å². The van der Waals surface area contributed by atoms with Crippen molar-refractivity contribution in [3.63, 3.8) is 0 Å². The number of carbonyl (C=O) groups excluding carboxylic acids is 1. The molecule has 0 spiro atoms. The third kappa shape index (κ3) is 5.99. The maximum atomic E-state index is 11.1. The lowest BCUT2D eigenvalue weighted by Crippen LogP contribution is -2.29. The van der Waals surface area contributed by atoms with E-state index in [0.29, 0.717) is 0 Å². The SMILES string of the molecule is CN(CCC(=O)O)C(=O)CCC(=O)O. The molecule has 0 aliphatic carbocycles. The van der Waals surface area contributed by atoms with Crippen molar-refractivity contribution in [2.45, 2.75) is 19.3 Å². The minimum Gasteiger partial charge on any atom is -0.481 e. The van der Waals surface area contributed by atoms with Crippen LogP contribution in [-0.2, 0) is 14.4 Å². The molecule has 0 aliphatic rings. The van der Waals surface area contributed by atoms with E-state index < -0.39 is 11.9 Å². The van der Waals surface area contributed by atoms with Crippen LogP contribution < -0.4 is 0 Å². The van der Waals surface area contributed by atoms with Gasteiger partial charge in [-0.25, -0.2) is 0 Å². The van der Waals surface area contributed by atoms with Crippen LogP contribution >= 0.6 is 0 Å². The van der Waals surface area contributed by atoms with E-state index in [2.05, 4.69) is 0 Å². The Balaban J connectivity index is 3.76. The Morgan fingerprint density at radius 3 is 1.93 bits per heavy atom. The fourth-order valence-electron chi connectivity index (χ4n) is 0.793. The van der Waals surface area contributed by atoms with E-state index in [1.807, 2.05) is 0 Å². The van der Waals surface area contributed by atoms with Gasteiger partial charge in [0.2, 0.25) is 5.91 Å². The van der Waals surface area contributed by atoms with Crippen LogP contribution in [0.4, 0.5) is 0 Å². The van der Waals surface area contributed by atoms with Gasteiger partial charge in [0.25, 0.3) is 0 Å². The molecule has 0 saturated heterocycles. The highest BCUT2D eigenvalue weighted by atomic mass is 16.4. The summed E-state index contributed by atoms with van der Waals surface area (Å²) in [4.78, 5) is 32.6. The number of hydrogen-bond acceptors (Lipinski definition) is 3. The molecule has 0 rings (SSSR count). The predicted octanol–water partition coefficient (Wildman–Crippen LogP) is -0.216. The normalized spacial score (nSPS) is 9.50. The number of hydrogen-bond donors (Lipinski definition) is 2. The number of nitrogens with zero attached hydrogens (tertiary/aromatic N) is 1. The Morgan fingerprint density at radius 1 is 1.00 bits per heavy atom. The average molecular weight is 203 g/mol. The molecular weight excluding hydrogens is 190 g/mol. The summed E-state index contributed by atoms with van der Waals surface area (Å²) in [5.41, 5.74) is 0. The molecule has 0 fully saturated rings. The Hall–Kier alpha value is -1.59. The minimum atomic E-state index is -1.04. The van der Waals surface area contributed by atoms with Crippen LogP contribution in [0.25, 0.3) is 0 Å². The van der Waals surface area contributed by atoms with Gasteiger partial charge in [0.1, 0.15) is 0 Å². The van der Waals surface area contributed by atoms with Gasteiger partial charge in [-0.1, -0.05) is 0 Å². The van der Waals surface area contributed by atoms with Gasteiger partial charge in [-0.15, -0.1) is 0 Å². The molecule has 0 aromatic carbocycles. The first-order valence-electron chi connectivity index (χ1n) is 4.11. The third-order valence-corrected chi connectivity index (χ3v) is 1.64. The molecule has 0 aliphatic heterocycles. The fourth-order valence-corrected chi connectivity index (χ4v) is 0.793. The van der Waals surface area contributed by atoms with E-state index in [-0.39, 0.29) is 31.7 Å². The minimum absolute atomic E-state index is 0.0918. The van der Waals surface area contributed by atoms with Gasteiger partial charge >= 0.3 is 11.9 Å². The Bertz CT molecular complexity index is 238. The van der Waals surface area contributed by atoms with Crippen LogP contribution in [0.1, 0.15) is 19.3 Å². The highest BCUT2D eigenvalue weighted by molar-refractivity contribution is 5.80. The molecule has 80 valence electrons. The lowest BCUT2D eigenvalue weighted by Gasteiger charge is -2.14. The Kier molecular flexibility index (Phi) is 5.28. The van der Waals surface area contributed by atoms with Crippen molar-refractivity contribution in [3.05, 3.63) is 0 Å². The van der Waals surface area contributed by atoms with Gasteiger partial charge < -0.3 is 15.1 Å². The maximum absolute atomic E-state index is 11.1. The van der Waals surface area contributed by atoms with E-state index in [1.165, 1.54) is 11.9 Å². The molecule has 0 aromatic heterocycles. The second kappa shape index (κ2) is 5.95. The third-order valence-electron chi connectivity index (χ3n) is 1.64. The molecule has 0 saturated carbocycles. The van der Waals surface area contributed by atoms with E-state index in [9.17, 15) is 14.4 Å². The Morgan fingerprint density at radius 2 is 1.50 bits per heavy atom. The first-order valence-corrected chi connectivity index (χ1v) is 4.11. The summed E-state index contributed by atoms with van der Waals surface area (Å²) in [5, 5.41) is 16.6. The van der Waals surface area contributed by atoms with Crippen LogP contribution in [0.15, 0.2) is 0 Å². The van der Waals surface area contributed by atoms with Crippen molar-refractivity contribution in [1.82, 2.24) is 4.90 Å². The largest absolute Gasteiger partial charge is 0.481 e. The molecule has 0 bridgehead atoms. The average Bonchev–Trinajstić information content (AvgIpc) is 2.09. The van der Waals surface area contributed by atoms with Gasteiger partial charge in [0.05, 0.1) is 12.8 Å². The molecule has 1 amide bonds. The molecule has 0 unspecified atom stereocenters. The molecule has 2 N–H and O–H groups in total. The van der Waals surface area contributed by atoms with E-state index in [4.69, 9.17) is 10.2 Å². The summed E-state index contributed by atoms with van der Waals surface area (Å²) < 4.78 is 0. The second-order valence-electron chi connectivity index (χ2n) is 2.85. The van der Waals surface area contributed by atoms with Gasteiger partial charge in [-0.05, 0) is 0 Å². The number of amides is 1. The topological polar surface area (TPSA) is 94.9 Å². The van der Waals surface area contributed by atoms with Crippen molar-refractivity contribution in [2.75, 3.05) is 13.6 Å². The summed E-state index contributed by atoms with van der Waals surface area (Å²) >= 11 is 0. The van der Waals surface area contributed by atoms with Crippen molar-refractivity contribution in [3.8, 4) is 0 Å². The monoisotopic (exact) mass is 203 g/mol. The smallest absolute Gasteiger partial charge is 0.305 e. The molecule has 0 radical (unpaired) electrons. The number of aliphatic carboxylic acids is 2. The lowest BCUT2D eigenvalue weighted by molar-refractivity contribution is -0.141. The van der Waals surface area contributed by atoms with E-state index in [0.717, 1.165) is 0 Å². The lowest BCUT2D eigenvalue weighted by atomic mass is 10.3. The quantitative estimate of drug-likeness (QED) is 0.622. The van der Waals surface area contributed by atoms with E-state index in [1.54, 1.807) is 0 Å². The predicted molar refractivity (Wildman–Crippen MR) is 46.8 cm³/mol. The highest BCUT2D eigenvalue weighted by Crippen LogP contribution is 1.96. The zero-order valence-electron chi connectivity index (χ0n) is 7.89. The van der Waals surface area contributed by atoms with Crippen LogP contribution in [-0.4, -0.2) is 46.6 Å². The van der Waals surface area contributed by atoms with Crippen LogP contribution in [0.3, 0.4) is 0 Å². The zero-order valence-corrected chi connectivity index (χ0v) is 7.89. The van der Waals surface area contributed by atoms with Gasteiger partial charge in [0.15, 0.2) is 0 Å². The summed E-state index contributed by atoms with van der Waals surface area (Å²) in [6, 6.07) is 0. The van der Waals surface area contributed by atoms with Crippen molar-refractivity contribution >= 4 is 17.8 Å². The summed E-state index contributed by atoms with van der Waals surface area (Å²) in [6.45, 7) is 0.105. The molecule has 0 heterocycles. The first kappa shape index (κ1) is 12.4. The van der Waals surface area contributed by atoms with Crippen LogP contribution in [0.2, 0.25) is 0 Å². The molecular formula is C8H13NO5. The van der Waals surface area contributed by atoms with E-state index >= 15 is 0 Å². The number of carbonyl (C=O) groups is 3. The molecule has 0 atom stereocenters. The second-order valence-corrected chi connectivity index (χ2v) is 2.85. The first-order chi connectivity index (χ1) is 6.43. The van der Waals surface area contributed by atoms with Gasteiger partial charge in [0, 0.05) is 20.0 Å². The van der Waals surface area contributed by atoms with Crippen molar-refractivity contribution in [1.29, 1.82) is 0 Å². The van der Waals surface area contributed by atoms with Crippen LogP contribution in [0.5, 0.6) is 0 Å². The number of carboxylic acid groups (broad SMARTS) is 2.